The Morgan fingerprint density at radius 1 is 1.53 bits per heavy atom. The molecular weight excluding hydrogens is 256 g/mol. The van der Waals surface area contributed by atoms with E-state index in [9.17, 15) is 4.79 Å². The third-order valence-electron chi connectivity index (χ3n) is 2.73. The van der Waals surface area contributed by atoms with Crippen LogP contribution in [0.4, 0.5) is 5.69 Å². The highest BCUT2D eigenvalue weighted by molar-refractivity contribution is 7.99. The Labute approximate surface area is 110 Å². The van der Waals surface area contributed by atoms with Gasteiger partial charge < -0.3 is 11.1 Å². The molecule has 1 fully saturated rings. The van der Waals surface area contributed by atoms with Crippen LogP contribution in [-0.2, 0) is 0 Å². The van der Waals surface area contributed by atoms with Crippen molar-refractivity contribution in [3.05, 3.63) is 28.8 Å². The van der Waals surface area contributed by atoms with Gasteiger partial charge in [0.05, 0.1) is 10.6 Å². The van der Waals surface area contributed by atoms with Crippen molar-refractivity contribution in [1.82, 2.24) is 5.32 Å². The van der Waals surface area contributed by atoms with Crippen LogP contribution in [0.3, 0.4) is 0 Å². The molecule has 1 saturated heterocycles. The summed E-state index contributed by atoms with van der Waals surface area (Å²) in [4.78, 5) is 12.0. The molecule has 1 unspecified atom stereocenters. The van der Waals surface area contributed by atoms with Crippen molar-refractivity contribution in [2.24, 2.45) is 0 Å². The van der Waals surface area contributed by atoms with Crippen LogP contribution in [-0.4, -0.2) is 23.5 Å². The number of benzene rings is 1. The van der Waals surface area contributed by atoms with E-state index < -0.39 is 0 Å². The second-order valence-corrected chi connectivity index (χ2v) is 5.68. The van der Waals surface area contributed by atoms with Gasteiger partial charge >= 0.3 is 0 Å². The highest BCUT2D eigenvalue weighted by Crippen LogP contribution is 2.21. The second-order valence-electron chi connectivity index (χ2n) is 4.13. The number of nitrogen functional groups attached to an aromatic ring is 1. The predicted molar refractivity (Wildman–Crippen MR) is 73.7 cm³/mol. The Morgan fingerprint density at radius 3 is 3.00 bits per heavy atom. The minimum absolute atomic E-state index is 0.109. The first-order chi connectivity index (χ1) is 8.16. The fraction of sp³-hybridized carbons (Fsp3) is 0.417. The molecule has 0 radical (unpaired) electrons. The zero-order valence-electron chi connectivity index (χ0n) is 9.41. The number of nitrogens with one attached hydrogen (secondary N) is 1. The van der Waals surface area contributed by atoms with Gasteiger partial charge in [-0.2, -0.15) is 11.8 Å². The summed E-state index contributed by atoms with van der Waals surface area (Å²) >= 11 is 7.88. The second kappa shape index (κ2) is 5.65. The van der Waals surface area contributed by atoms with Crippen LogP contribution in [0.25, 0.3) is 0 Å². The summed E-state index contributed by atoms with van der Waals surface area (Å²) in [6, 6.07) is 5.22. The molecule has 1 heterocycles. The van der Waals surface area contributed by atoms with Crippen molar-refractivity contribution in [1.29, 1.82) is 0 Å². The number of thioether (sulfide) groups is 1. The number of hydrogen-bond donors (Lipinski definition) is 2. The Bertz CT molecular complexity index is 419. The molecule has 92 valence electrons. The van der Waals surface area contributed by atoms with Gasteiger partial charge in [-0.3, -0.25) is 4.79 Å². The quantitative estimate of drug-likeness (QED) is 0.812. The molecule has 0 aromatic heterocycles. The maximum atomic E-state index is 12.0. The molecule has 1 amide bonds. The maximum Gasteiger partial charge on any atom is 0.253 e. The molecule has 17 heavy (non-hydrogen) atoms. The molecule has 1 aromatic rings. The highest BCUT2D eigenvalue weighted by atomic mass is 35.5. The summed E-state index contributed by atoms with van der Waals surface area (Å²) < 4.78 is 0. The third-order valence-corrected chi connectivity index (χ3v) is 4.26. The Kier molecular flexibility index (Phi) is 4.18. The first kappa shape index (κ1) is 12.6. The van der Waals surface area contributed by atoms with Crippen molar-refractivity contribution >= 4 is 35.0 Å². The van der Waals surface area contributed by atoms with Crippen LogP contribution >= 0.6 is 23.4 Å². The van der Waals surface area contributed by atoms with Gasteiger partial charge in [-0.05, 0) is 36.8 Å². The molecular formula is C12H15ClN2OS. The summed E-state index contributed by atoms with van der Waals surface area (Å²) in [5.41, 5.74) is 6.66. The molecule has 1 atom stereocenters. The van der Waals surface area contributed by atoms with Crippen LogP contribution < -0.4 is 11.1 Å². The number of hydrogen-bond acceptors (Lipinski definition) is 3. The van der Waals surface area contributed by atoms with E-state index in [0.717, 1.165) is 18.6 Å². The topological polar surface area (TPSA) is 55.1 Å². The fourth-order valence-corrected chi connectivity index (χ4v) is 3.18. The number of amides is 1. The first-order valence-electron chi connectivity index (χ1n) is 5.60. The normalized spacial score (nSPS) is 19.9. The fourth-order valence-electron chi connectivity index (χ4n) is 1.83. The van der Waals surface area contributed by atoms with Crippen LogP contribution in [0.1, 0.15) is 23.2 Å². The Balaban J connectivity index is 2.03. The van der Waals surface area contributed by atoms with E-state index >= 15 is 0 Å². The van der Waals surface area contributed by atoms with E-state index in [1.54, 1.807) is 18.2 Å². The zero-order valence-corrected chi connectivity index (χ0v) is 11.0. The van der Waals surface area contributed by atoms with E-state index in [0.29, 0.717) is 16.3 Å². The summed E-state index contributed by atoms with van der Waals surface area (Å²) in [5, 5.41) is 3.42. The van der Waals surface area contributed by atoms with E-state index in [4.69, 9.17) is 17.3 Å². The molecule has 1 aromatic carbocycles. The van der Waals surface area contributed by atoms with Crippen molar-refractivity contribution < 1.29 is 4.79 Å². The first-order valence-corrected chi connectivity index (χ1v) is 7.14. The van der Waals surface area contributed by atoms with Crippen LogP contribution in [0.2, 0.25) is 5.02 Å². The van der Waals surface area contributed by atoms with Gasteiger partial charge in [0.15, 0.2) is 0 Å². The number of nitrogens with two attached hydrogens (primary N) is 1. The minimum Gasteiger partial charge on any atom is -0.399 e. The van der Waals surface area contributed by atoms with Crippen molar-refractivity contribution in [3.8, 4) is 0 Å². The lowest BCUT2D eigenvalue weighted by molar-refractivity contribution is 0.0939. The highest BCUT2D eigenvalue weighted by Gasteiger charge is 2.18. The summed E-state index contributed by atoms with van der Waals surface area (Å²) in [5.74, 6) is 2.07. The maximum absolute atomic E-state index is 12.0. The van der Waals surface area contributed by atoms with Gasteiger partial charge in [0, 0.05) is 17.5 Å². The minimum atomic E-state index is -0.109. The molecule has 5 heteroatoms. The lowest BCUT2D eigenvalue weighted by Crippen LogP contribution is -2.38. The molecule has 3 N–H and O–H groups in total. The molecule has 0 spiro atoms. The van der Waals surface area contributed by atoms with Gasteiger partial charge in [0.1, 0.15) is 0 Å². The predicted octanol–water partition coefficient (Wildman–Crippen LogP) is 2.55. The molecule has 0 aliphatic carbocycles. The summed E-state index contributed by atoms with van der Waals surface area (Å²) in [7, 11) is 0. The summed E-state index contributed by atoms with van der Waals surface area (Å²) in [6.45, 7) is 0. The smallest absolute Gasteiger partial charge is 0.253 e. The average molecular weight is 271 g/mol. The lowest BCUT2D eigenvalue weighted by atomic mass is 10.1. The number of carbonyl (C=O) groups is 1. The number of halogens is 1. The standard InChI is InChI=1S/C12H15ClN2OS/c13-11-6-8(14)3-4-10(11)12(16)15-9-2-1-5-17-7-9/h3-4,6,9H,1-2,5,7,14H2,(H,15,16). The molecule has 3 nitrogen and oxygen atoms in total. The largest absolute Gasteiger partial charge is 0.399 e. The monoisotopic (exact) mass is 270 g/mol. The van der Waals surface area contributed by atoms with Gasteiger partial charge in [-0.15, -0.1) is 0 Å². The molecule has 0 saturated carbocycles. The van der Waals surface area contributed by atoms with Crippen LogP contribution in [0.5, 0.6) is 0 Å². The van der Waals surface area contributed by atoms with Gasteiger partial charge in [-0.25, -0.2) is 0 Å². The van der Waals surface area contributed by atoms with Crippen LogP contribution in [0, 0.1) is 0 Å². The third kappa shape index (κ3) is 3.30. The van der Waals surface area contributed by atoms with Gasteiger partial charge in [0.2, 0.25) is 0 Å². The van der Waals surface area contributed by atoms with E-state index in [1.165, 1.54) is 5.75 Å². The van der Waals surface area contributed by atoms with Gasteiger partial charge in [0.25, 0.3) is 5.91 Å². The number of anilines is 1. The Hall–Kier alpha value is -0.870. The van der Waals surface area contributed by atoms with Crippen LogP contribution in [0.15, 0.2) is 18.2 Å². The number of carbonyl (C=O) groups excluding carboxylic acids is 1. The zero-order chi connectivity index (χ0) is 12.3. The van der Waals surface area contributed by atoms with Crippen molar-refractivity contribution in [2.75, 3.05) is 17.2 Å². The molecule has 2 rings (SSSR count). The van der Waals surface area contributed by atoms with E-state index in [2.05, 4.69) is 5.32 Å². The van der Waals surface area contributed by atoms with Crippen molar-refractivity contribution in [3.63, 3.8) is 0 Å². The van der Waals surface area contributed by atoms with Crippen molar-refractivity contribution in [2.45, 2.75) is 18.9 Å². The summed E-state index contributed by atoms with van der Waals surface area (Å²) in [6.07, 6.45) is 2.20. The van der Waals surface area contributed by atoms with Gasteiger partial charge in [-0.1, -0.05) is 11.6 Å². The van der Waals surface area contributed by atoms with E-state index in [1.807, 2.05) is 11.8 Å². The SMILES string of the molecule is Nc1ccc(C(=O)NC2CCCSC2)c(Cl)c1. The lowest BCUT2D eigenvalue weighted by Gasteiger charge is -2.22. The molecule has 0 bridgehead atoms. The molecule has 1 aliphatic rings. The van der Waals surface area contributed by atoms with E-state index in [-0.39, 0.29) is 11.9 Å². The Morgan fingerprint density at radius 2 is 2.35 bits per heavy atom. The number of rotatable bonds is 2. The average Bonchev–Trinajstić information content (AvgIpc) is 2.30. The molecule has 1 aliphatic heterocycles.